The van der Waals surface area contributed by atoms with E-state index in [9.17, 15) is 0 Å². The van der Waals surface area contributed by atoms with E-state index in [1.54, 1.807) is 7.11 Å². The Morgan fingerprint density at radius 3 is 2.14 bits per heavy atom. The van der Waals surface area contributed by atoms with Crippen molar-refractivity contribution >= 4 is 0 Å². The van der Waals surface area contributed by atoms with Crippen LogP contribution < -0.4 is 9.47 Å². The summed E-state index contributed by atoms with van der Waals surface area (Å²) in [4.78, 5) is 2.42. The van der Waals surface area contributed by atoms with E-state index >= 15 is 0 Å². The molecule has 4 heteroatoms. The van der Waals surface area contributed by atoms with Crippen molar-refractivity contribution in [2.45, 2.75) is 77.7 Å². The molecule has 0 bridgehead atoms. The third-order valence-corrected chi connectivity index (χ3v) is 5.49. The van der Waals surface area contributed by atoms with Crippen molar-refractivity contribution in [3.63, 3.8) is 0 Å². The Bertz CT molecular complexity index is 515. The second-order valence-electron chi connectivity index (χ2n) is 7.90. The number of unbranched alkanes of at least 4 members (excludes halogenated alkanes) is 9. The van der Waals surface area contributed by atoms with Crippen LogP contribution in [0.4, 0.5) is 0 Å². The lowest BCUT2D eigenvalue weighted by molar-refractivity contribution is 0.0341. The molecule has 1 aromatic rings. The monoisotopic (exact) mass is 391 g/mol. The van der Waals surface area contributed by atoms with Crippen molar-refractivity contribution in [1.82, 2.24) is 4.90 Å². The summed E-state index contributed by atoms with van der Waals surface area (Å²) in [5.41, 5.74) is 1.27. The third kappa shape index (κ3) is 9.29. The van der Waals surface area contributed by atoms with Crippen molar-refractivity contribution in [3.05, 3.63) is 23.8 Å². The molecule has 0 aromatic heterocycles. The molecule has 2 rings (SSSR count). The Morgan fingerprint density at radius 2 is 1.50 bits per heavy atom. The second-order valence-corrected chi connectivity index (χ2v) is 7.90. The van der Waals surface area contributed by atoms with E-state index in [1.165, 1.54) is 63.4 Å². The zero-order valence-electron chi connectivity index (χ0n) is 18.2. The highest BCUT2D eigenvalue weighted by Gasteiger charge is 2.12. The van der Waals surface area contributed by atoms with Gasteiger partial charge in [0.05, 0.1) is 26.9 Å². The summed E-state index contributed by atoms with van der Waals surface area (Å²) >= 11 is 0. The highest BCUT2D eigenvalue weighted by Crippen LogP contribution is 2.29. The molecule has 1 aromatic carbocycles. The third-order valence-electron chi connectivity index (χ3n) is 5.49. The number of nitrogens with zero attached hydrogens (tertiary/aromatic N) is 1. The first-order valence-corrected chi connectivity index (χ1v) is 11.4. The molecule has 0 aliphatic carbocycles. The van der Waals surface area contributed by atoms with Crippen LogP contribution in [-0.2, 0) is 11.3 Å². The number of morpholine rings is 1. The number of rotatable bonds is 15. The maximum absolute atomic E-state index is 5.99. The van der Waals surface area contributed by atoms with E-state index < -0.39 is 0 Å². The van der Waals surface area contributed by atoms with E-state index in [4.69, 9.17) is 14.2 Å². The molecule has 0 atom stereocenters. The number of methoxy groups -OCH3 is 1. The van der Waals surface area contributed by atoms with Crippen LogP contribution in [0.3, 0.4) is 0 Å². The molecule has 28 heavy (non-hydrogen) atoms. The first-order valence-electron chi connectivity index (χ1n) is 11.4. The van der Waals surface area contributed by atoms with Crippen molar-refractivity contribution in [2.75, 3.05) is 40.0 Å². The van der Waals surface area contributed by atoms with Gasteiger partial charge in [-0.3, -0.25) is 4.90 Å². The Morgan fingerprint density at radius 1 is 0.857 bits per heavy atom. The van der Waals surface area contributed by atoms with E-state index in [2.05, 4.69) is 30.0 Å². The zero-order valence-corrected chi connectivity index (χ0v) is 18.2. The van der Waals surface area contributed by atoms with Crippen molar-refractivity contribution < 1.29 is 14.2 Å². The van der Waals surface area contributed by atoms with Crippen LogP contribution in [0, 0.1) is 0 Å². The predicted molar refractivity (Wildman–Crippen MR) is 116 cm³/mol. The summed E-state index contributed by atoms with van der Waals surface area (Å²) < 4.78 is 17.0. The largest absolute Gasteiger partial charge is 0.493 e. The second kappa shape index (κ2) is 14.7. The first-order chi connectivity index (χ1) is 13.8. The van der Waals surface area contributed by atoms with Gasteiger partial charge in [-0.2, -0.15) is 0 Å². The maximum atomic E-state index is 5.99. The number of benzene rings is 1. The highest BCUT2D eigenvalue weighted by molar-refractivity contribution is 5.43. The van der Waals surface area contributed by atoms with Gasteiger partial charge in [-0.25, -0.2) is 0 Å². The van der Waals surface area contributed by atoms with E-state index in [0.29, 0.717) is 0 Å². The lowest BCUT2D eigenvalue weighted by Gasteiger charge is -2.26. The fourth-order valence-electron chi connectivity index (χ4n) is 3.72. The molecule has 1 saturated heterocycles. The van der Waals surface area contributed by atoms with Gasteiger partial charge in [0.15, 0.2) is 11.5 Å². The van der Waals surface area contributed by atoms with Crippen LogP contribution >= 0.6 is 0 Å². The number of ether oxygens (including phenoxy) is 3. The van der Waals surface area contributed by atoms with Crippen LogP contribution in [0.25, 0.3) is 0 Å². The lowest BCUT2D eigenvalue weighted by atomic mass is 10.1. The van der Waals surface area contributed by atoms with Crippen LogP contribution in [-0.4, -0.2) is 44.9 Å². The average molecular weight is 392 g/mol. The topological polar surface area (TPSA) is 30.9 Å². The summed E-state index contributed by atoms with van der Waals surface area (Å²) in [7, 11) is 1.72. The fraction of sp³-hybridized carbons (Fsp3) is 0.750. The highest BCUT2D eigenvalue weighted by atomic mass is 16.5. The van der Waals surface area contributed by atoms with Gasteiger partial charge in [0.25, 0.3) is 0 Å². The molecular weight excluding hydrogens is 350 g/mol. The zero-order chi connectivity index (χ0) is 19.9. The smallest absolute Gasteiger partial charge is 0.161 e. The quantitative estimate of drug-likeness (QED) is 0.352. The molecule has 1 fully saturated rings. The summed E-state index contributed by atoms with van der Waals surface area (Å²) in [5.74, 6) is 1.71. The standard InChI is InChI=1S/C24H41NO3/c1-3-4-5-6-7-8-9-10-11-12-17-28-23-14-13-22(20-24(23)26-2)21-25-15-18-27-19-16-25/h13-14,20H,3-12,15-19,21H2,1-2H3. The molecule has 0 spiro atoms. The van der Waals surface area contributed by atoms with Gasteiger partial charge in [0.2, 0.25) is 0 Å². The van der Waals surface area contributed by atoms with Gasteiger partial charge in [-0.15, -0.1) is 0 Å². The molecule has 4 nitrogen and oxygen atoms in total. The summed E-state index contributed by atoms with van der Waals surface area (Å²) in [5, 5.41) is 0. The van der Waals surface area contributed by atoms with Crippen molar-refractivity contribution in [1.29, 1.82) is 0 Å². The Balaban J connectivity index is 1.58. The molecule has 0 radical (unpaired) electrons. The summed E-state index contributed by atoms with van der Waals surface area (Å²) in [6.07, 6.45) is 13.4. The number of hydrogen-bond acceptors (Lipinski definition) is 4. The van der Waals surface area contributed by atoms with Crippen LogP contribution in [0.1, 0.15) is 76.7 Å². The first kappa shape index (κ1) is 23.0. The molecule has 1 aliphatic heterocycles. The van der Waals surface area contributed by atoms with Gasteiger partial charge < -0.3 is 14.2 Å². The molecule has 1 aliphatic rings. The minimum atomic E-state index is 0.773. The van der Waals surface area contributed by atoms with Gasteiger partial charge in [-0.05, 0) is 24.1 Å². The minimum Gasteiger partial charge on any atom is -0.493 e. The Hall–Kier alpha value is -1.26. The van der Waals surface area contributed by atoms with Crippen molar-refractivity contribution in [3.8, 4) is 11.5 Å². The molecule has 0 unspecified atom stereocenters. The fourth-order valence-corrected chi connectivity index (χ4v) is 3.72. The molecule has 160 valence electrons. The van der Waals surface area contributed by atoms with Gasteiger partial charge in [0, 0.05) is 19.6 Å². The van der Waals surface area contributed by atoms with Crippen molar-refractivity contribution in [2.24, 2.45) is 0 Å². The van der Waals surface area contributed by atoms with Gasteiger partial charge in [-0.1, -0.05) is 70.8 Å². The Labute approximate surface area is 172 Å². The van der Waals surface area contributed by atoms with E-state index in [0.717, 1.165) is 57.4 Å². The van der Waals surface area contributed by atoms with Crippen LogP contribution in [0.15, 0.2) is 18.2 Å². The predicted octanol–water partition coefficient (Wildman–Crippen LogP) is 5.83. The Kier molecular flexibility index (Phi) is 12.1. The lowest BCUT2D eigenvalue weighted by Crippen LogP contribution is -2.35. The molecular formula is C24H41NO3. The molecule has 0 N–H and O–H groups in total. The molecule has 0 saturated carbocycles. The average Bonchev–Trinajstić information content (AvgIpc) is 2.73. The van der Waals surface area contributed by atoms with E-state index in [1.807, 2.05) is 0 Å². The minimum absolute atomic E-state index is 0.773. The summed E-state index contributed by atoms with van der Waals surface area (Å²) in [6, 6.07) is 6.33. The van der Waals surface area contributed by atoms with Crippen LogP contribution in [0.5, 0.6) is 11.5 Å². The molecule has 1 heterocycles. The summed E-state index contributed by atoms with van der Waals surface area (Å²) in [6.45, 7) is 7.65. The molecule has 0 amide bonds. The van der Waals surface area contributed by atoms with Crippen LogP contribution in [0.2, 0.25) is 0 Å². The SMILES string of the molecule is CCCCCCCCCCCCOc1ccc(CN2CCOCC2)cc1OC. The van der Waals surface area contributed by atoms with Gasteiger partial charge in [0.1, 0.15) is 0 Å². The number of hydrogen-bond donors (Lipinski definition) is 0. The van der Waals surface area contributed by atoms with Gasteiger partial charge >= 0.3 is 0 Å². The van der Waals surface area contributed by atoms with E-state index in [-0.39, 0.29) is 0 Å². The normalized spacial score (nSPS) is 14.9. The maximum Gasteiger partial charge on any atom is 0.161 e.